The molecule has 135 valence electrons. The van der Waals surface area contributed by atoms with E-state index in [9.17, 15) is 5.11 Å². The molecular formula is C22H31N2O. The van der Waals surface area contributed by atoms with Gasteiger partial charge in [0, 0.05) is 12.3 Å². The molecule has 2 rings (SSSR count). The number of benzene rings is 2. The molecule has 2 aromatic carbocycles. The van der Waals surface area contributed by atoms with Crippen LogP contribution in [0.25, 0.3) is 0 Å². The van der Waals surface area contributed by atoms with Gasteiger partial charge in [-0.25, -0.2) is 0 Å². The summed E-state index contributed by atoms with van der Waals surface area (Å²) in [5.41, 5.74) is 15.0. The van der Waals surface area contributed by atoms with E-state index in [1.165, 1.54) is 35.4 Å². The SMILES string of the molecule is C[C](CCCCc1ccccc1)c1ccccc1CCCC(N)(N)O. The van der Waals surface area contributed by atoms with E-state index in [4.69, 9.17) is 11.5 Å². The molecule has 0 amide bonds. The van der Waals surface area contributed by atoms with Crippen LogP contribution in [0.3, 0.4) is 0 Å². The lowest BCUT2D eigenvalue weighted by Gasteiger charge is -2.19. The second-order valence-corrected chi connectivity index (χ2v) is 6.97. The Morgan fingerprint density at radius 2 is 1.56 bits per heavy atom. The number of unbranched alkanes of at least 4 members (excludes halogenated alkanes) is 1. The molecule has 0 spiro atoms. The summed E-state index contributed by atoms with van der Waals surface area (Å²) in [6, 6.07) is 19.2. The highest BCUT2D eigenvalue weighted by Gasteiger charge is 2.15. The van der Waals surface area contributed by atoms with Crippen molar-refractivity contribution in [3.05, 3.63) is 77.2 Å². The largest absolute Gasteiger partial charge is 0.363 e. The molecule has 0 aliphatic heterocycles. The van der Waals surface area contributed by atoms with Gasteiger partial charge in [-0.15, -0.1) is 0 Å². The van der Waals surface area contributed by atoms with Crippen molar-refractivity contribution in [1.29, 1.82) is 0 Å². The molecule has 0 bridgehead atoms. The maximum atomic E-state index is 9.46. The zero-order valence-corrected chi connectivity index (χ0v) is 15.2. The predicted octanol–water partition coefficient (Wildman–Crippen LogP) is 3.93. The van der Waals surface area contributed by atoms with Gasteiger partial charge in [0.15, 0.2) is 5.85 Å². The van der Waals surface area contributed by atoms with Crippen LogP contribution in [-0.2, 0) is 12.8 Å². The summed E-state index contributed by atoms with van der Waals surface area (Å²) in [5.74, 6) is -0.134. The van der Waals surface area contributed by atoms with Crippen LogP contribution >= 0.6 is 0 Å². The van der Waals surface area contributed by atoms with Gasteiger partial charge < -0.3 is 5.11 Å². The predicted molar refractivity (Wildman–Crippen MR) is 105 cm³/mol. The maximum Gasteiger partial charge on any atom is 0.166 e. The number of hydrogen-bond acceptors (Lipinski definition) is 3. The van der Waals surface area contributed by atoms with Gasteiger partial charge in [-0.2, -0.15) is 0 Å². The Morgan fingerprint density at radius 1 is 0.880 bits per heavy atom. The molecule has 2 aromatic rings. The standard InChI is InChI=1S/C22H31N2O/c1-18(10-5-6-13-19-11-3-2-4-12-19)21-16-8-7-14-20(21)15-9-17-22(23,24)25/h2-4,7-8,11-12,14,16,25H,5-6,9-10,13,15,17,23-24H2,1H3. The molecule has 0 fully saturated rings. The Morgan fingerprint density at radius 3 is 2.28 bits per heavy atom. The Labute approximate surface area is 152 Å². The summed E-state index contributed by atoms with van der Waals surface area (Å²) in [6.45, 7) is 2.23. The van der Waals surface area contributed by atoms with E-state index in [0.29, 0.717) is 6.42 Å². The summed E-state index contributed by atoms with van der Waals surface area (Å²) < 4.78 is 0. The van der Waals surface area contributed by atoms with Crippen LogP contribution in [0.15, 0.2) is 54.6 Å². The smallest absolute Gasteiger partial charge is 0.166 e. The van der Waals surface area contributed by atoms with Gasteiger partial charge in [-0.05, 0) is 48.8 Å². The van der Waals surface area contributed by atoms with E-state index < -0.39 is 5.85 Å². The molecule has 0 heterocycles. The first-order valence-electron chi connectivity index (χ1n) is 9.20. The average Bonchev–Trinajstić information content (AvgIpc) is 2.59. The highest BCUT2D eigenvalue weighted by molar-refractivity contribution is 5.37. The van der Waals surface area contributed by atoms with Crippen molar-refractivity contribution in [3.8, 4) is 0 Å². The van der Waals surface area contributed by atoms with E-state index in [-0.39, 0.29) is 0 Å². The van der Waals surface area contributed by atoms with E-state index in [0.717, 1.165) is 25.7 Å². The Hall–Kier alpha value is -1.68. The summed E-state index contributed by atoms with van der Waals surface area (Å²) in [7, 11) is 0. The van der Waals surface area contributed by atoms with Crippen molar-refractivity contribution in [3.63, 3.8) is 0 Å². The Kier molecular flexibility index (Phi) is 7.63. The minimum Gasteiger partial charge on any atom is -0.363 e. The van der Waals surface area contributed by atoms with Crippen LogP contribution in [0, 0.1) is 5.92 Å². The second kappa shape index (κ2) is 9.71. The molecule has 3 nitrogen and oxygen atoms in total. The summed E-state index contributed by atoms with van der Waals surface area (Å²) >= 11 is 0. The fraction of sp³-hybridized carbons (Fsp3) is 0.409. The number of hydrogen-bond donors (Lipinski definition) is 3. The molecule has 1 radical (unpaired) electrons. The summed E-state index contributed by atoms with van der Waals surface area (Å²) in [5, 5.41) is 9.46. The molecule has 0 aromatic heterocycles. The monoisotopic (exact) mass is 339 g/mol. The third-order valence-corrected chi connectivity index (χ3v) is 4.61. The zero-order chi connectivity index (χ0) is 18.1. The van der Waals surface area contributed by atoms with Gasteiger partial charge in [0.1, 0.15) is 0 Å². The van der Waals surface area contributed by atoms with Crippen LogP contribution in [-0.4, -0.2) is 11.0 Å². The molecular weight excluding hydrogens is 308 g/mol. The number of aryl methyl sites for hydroxylation is 2. The third-order valence-electron chi connectivity index (χ3n) is 4.61. The van der Waals surface area contributed by atoms with E-state index in [1.54, 1.807) is 0 Å². The normalized spacial score (nSPS) is 11.9. The van der Waals surface area contributed by atoms with Gasteiger partial charge in [0.05, 0.1) is 0 Å². The van der Waals surface area contributed by atoms with Gasteiger partial charge in [0.2, 0.25) is 0 Å². The van der Waals surface area contributed by atoms with E-state index in [1.807, 2.05) is 0 Å². The van der Waals surface area contributed by atoms with Crippen molar-refractivity contribution >= 4 is 0 Å². The molecule has 0 unspecified atom stereocenters. The Bertz CT molecular complexity index is 619. The van der Waals surface area contributed by atoms with Crippen LogP contribution < -0.4 is 11.5 Å². The molecule has 0 aliphatic carbocycles. The molecule has 0 saturated carbocycles. The fourth-order valence-corrected chi connectivity index (χ4v) is 3.22. The van der Waals surface area contributed by atoms with Crippen LogP contribution in [0.4, 0.5) is 0 Å². The average molecular weight is 340 g/mol. The zero-order valence-electron chi connectivity index (χ0n) is 15.2. The third kappa shape index (κ3) is 7.39. The van der Waals surface area contributed by atoms with E-state index >= 15 is 0 Å². The van der Waals surface area contributed by atoms with Crippen molar-refractivity contribution in [2.24, 2.45) is 11.5 Å². The lowest BCUT2D eigenvalue weighted by molar-refractivity contribution is 0.0429. The number of aliphatic hydroxyl groups is 1. The molecule has 25 heavy (non-hydrogen) atoms. The van der Waals surface area contributed by atoms with Gasteiger partial charge >= 0.3 is 0 Å². The van der Waals surface area contributed by atoms with Crippen molar-refractivity contribution in [2.45, 2.75) is 57.7 Å². The van der Waals surface area contributed by atoms with Crippen LogP contribution in [0.1, 0.15) is 55.7 Å². The molecule has 0 aliphatic rings. The van der Waals surface area contributed by atoms with Crippen molar-refractivity contribution < 1.29 is 5.11 Å². The lowest BCUT2D eigenvalue weighted by atomic mass is 9.89. The molecule has 0 saturated heterocycles. The number of rotatable bonds is 10. The first kappa shape index (κ1) is 19.6. The lowest BCUT2D eigenvalue weighted by Crippen LogP contribution is -2.49. The second-order valence-electron chi connectivity index (χ2n) is 6.97. The van der Waals surface area contributed by atoms with Gasteiger partial charge in [-0.3, -0.25) is 11.5 Å². The number of nitrogens with two attached hydrogens (primary N) is 2. The highest BCUT2D eigenvalue weighted by Crippen LogP contribution is 2.25. The molecule has 3 heteroatoms. The molecule has 0 atom stereocenters. The first-order valence-corrected chi connectivity index (χ1v) is 9.20. The maximum absolute atomic E-state index is 9.46. The molecule has 5 N–H and O–H groups in total. The summed E-state index contributed by atoms with van der Waals surface area (Å²) in [4.78, 5) is 0. The minimum absolute atomic E-state index is 0.400. The Balaban J connectivity index is 1.81. The fourth-order valence-electron chi connectivity index (χ4n) is 3.22. The quantitative estimate of drug-likeness (QED) is 0.454. The topological polar surface area (TPSA) is 72.3 Å². The van der Waals surface area contributed by atoms with Crippen molar-refractivity contribution in [2.75, 3.05) is 0 Å². The highest BCUT2D eigenvalue weighted by atomic mass is 16.3. The van der Waals surface area contributed by atoms with Gasteiger partial charge in [-0.1, -0.05) is 67.9 Å². The first-order chi connectivity index (χ1) is 12.0. The van der Waals surface area contributed by atoms with Crippen LogP contribution in [0.5, 0.6) is 0 Å². The minimum atomic E-state index is -1.56. The van der Waals surface area contributed by atoms with Crippen molar-refractivity contribution in [1.82, 2.24) is 0 Å². The van der Waals surface area contributed by atoms with E-state index in [2.05, 4.69) is 61.5 Å². The van der Waals surface area contributed by atoms with Gasteiger partial charge in [0.25, 0.3) is 0 Å². The van der Waals surface area contributed by atoms with Crippen LogP contribution in [0.2, 0.25) is 0 Å². The summed E-state index contributed by atoms with van der Waals surface area (Å²) in [6.07, 6.45) is 6.72.